The van der Waals surface area contributed by atoms with Crippen LogP contribution in [-0.4, -0.2) is 44.3 Å². The van der Waals surface area contributed by atoms with Gasteiger partial charge in [0.05, 0.1) is 10.6 Å². The molecule has 4 rings (SSSR count). The second-order valence-corrected chi connectivity index (χ2v) is 13.5. The number of hydrogen-bond donors (Lipinski definition) is 1. The average Bonchev–Trinajstić information content (AvgIpc) is 3.04. The number of carbonyl (C=O) groups is 2. The van der Waals surface area contributed by atoms with Crippen LogP contribution in [0.3, 0.4) is 0 Å². The lowest BCUT2D eigenvalue weighted by Gasteiger charge is -2.32. The van der Waals surface area contributed by atoms with Gasteiger partial charge in [0.15, 0.2) is 0 Å². The first-order valence-electron chi connectivity index (χ1n) is 14.8. The molecule has 236 valence electrons. The van der Waals surface area contributed by atoms with Crippen molar-refractivity contribution >= 4 is 43.5 Å². The van der Waals surface area contributed by atoms with E-state index in [4.69, 9.17) is 4.74 Å². The smallest absolute Gasteiger partial charge is 0.264 e. The van der Waals surface area contributed by atoms with Crippen LogP contribution in [0.25, 0.3) is 0 Å². The number of benzene rings is 4. The predicted octanol–water partition coefficient (Wildman–Crippen LogP) is 7.08. The fraction of sp³-hybridized carbons (Fsp3) is 0.257. The molecule has 0 spiro atoms. The topological polar surface area (TPSA) is 96.0 Å². The lowest BCUT2D eigenvalue weighted by atomic mass is 10.1. The third-order valence-corrected chi connectivity index (χ3v) is 9.57. The van der Waals surface area contributed by atoms with E-state index in [0.717, 1.165) is 32.7 Å². The molecule has 0 aromatic heterocycles. The molecule has 0 aliphatic heterocycles. The summed E-state index contributed by atoms with van der Waals surface area (Å²) in [7, 11) is -4.17. The minimum atomic E-state index is -4.17. The number of nitrogens with zero attached hydrogens (tertiary/aromatic N) is 2. The van der Waals surface area contributed by atoms with Crippen LogP contribution < -0.4 is 14.4 Å². The highest BCUT2D eigenvalue weighted by molar-refractivity contribution is 9.10. The maximum Gasteiger partial charge on any atom is 0.264 e. The number of para-hydroxylation sites is 1. The molecular weight excluding hydrogens is 654 g/mol. The molecule has 0 aliphatic carbocycles. The van der Waals surface area contributed by atoms with Gasteiger partial charge in [-0.2, -0.15) is 0 Å². The summed E-state index contributed by atoms with van der Waals surface area (Å²) in [5.74, 6) is 0.332. The van der Waals surface area contributed by atoms with Gasteiger partial charge in [-0.25, -0.2) is 8.42 Å². The van der Waals surface area contributed by atoms with E-state index < -0.39 is 28.5 Å². The number of unbranched alkanes of at least 4 members (excludes halogenated alkanes) is 1. The summed E-state index contributed by atoms with van der Waals surface area (Å²) in [5.41, 5.74) is 1.99. The van der Waals surface area contributed by atoms with Crippen molar-refractivity contribution in [2.45, 2.75) is 51.1 Å². The number of nitrogens with one attached hydrogen (secondary N) is 1. The lowest BCUT2D eigenvalue weighted by Crippen LogP contribution is -2.51. The highest BCUT2D eigenvalue weighted by Crippen LogP contribution is 2.29. The average molecular weight is 693 g/mol. The maximum absolute atomic E-state index is 14.1. The van der Waals surface area contributed by atoms with Crippen LogP contribution in [-0.2, 0) is 26.2 Å². The van der Waals surface area contributed by atoms with E-state index in [9.17, 15) is 18.0 Å². The van der Waals surface area contributed by atoms with Gasteiger partial charge in [0, 0.05) is 17.6 Å². The first-order valence-corrected chi connectivity index (χ1v) is 17.1. The molecule has 0 saturated carbocycles. The summed E-state index contributed by atoms with van der Waals surface area (Å²) in [6.07, 6.45) is 1.73. The Morgan fingerprint density at radius 2 is 1.49 bits per heavy atom. The number of hydrogen-bond acceptors (Lipinski definition) is 5. The molecule has 0 aliphatic rings. The van der Waals surface area contributed by atoms with Crippen LogP contribution in [0, 0.1) is 6.92 Å². The number of sulfonamides is 1. The Bertz CT molecular complexity index is 1660. The lowest BCUT2D eigenvalue weighted by molar-refractivity contribution is -0.139. The van der Waals surface area contributed by atoms with Crippen LogP contribution >= 0.6 is 15.9 Å². The Morgan fingerprint density at radius 3 is 2.11 bits per heavy atom. The van der Waals surface area contributed by atoms with Crippen molar-refractivity contribution in [1.29, 1.82) is 0 Å². The summed E-state index contributed by atoms with van der Waals surface area (Å²) in [6, 6.07) is 28.9. The first-order chi connectivity index (χ1) is 21.6. The molecule has 8 nitrogen and oxygen atoms in total. The second kappa shape index (κ2) is 15.7. The SMILES string of the molecule is CCCCNC(=O)[C@@H](C)N(Cc1ccc(Br)cc1)C(=O)CN(c1ccc(Oc2ccccc2)cc1)S(=O)(=O)c1ccc(C)cc1. The van der Waals surface area contributed by atoms with E-state index in [-0.39, 0.29) is 23.0 Å². The summed E-state index contributed by atoms with van der Waals surface area (Å²) in [6.45, 7) is 5.66. The molecule has 10 heteroatoms. The molecule has 45 heavy (non-hydrogen) atoms. The van der Waals surface area contributed by atoms with Gasteiger partial charge in [0.1, 0.15) is 24.1 Å². The molecule has 4 aromatic carbocycles. The van der Waals surface area contributed by atoms with Crippen molar-refractivity contribution < 1.29 is 22.7 Å². The van der Waals surface area contributed by atoms with Crippen LogP contribution in [0.1, 0.15) is 37.8 Å². The van der Waals surface area contributed by atoms with Crippen LogP contribution in [0.2, 0.25) is 0 Å². The third kappa shape index (κ3) is 9.18. The molecule has 1 N–H and O–H groups in total. The number of amides is 2. The predicted molar refractivity (Wildman–Crippen MR) is 181 cm³/mol. The van der Waals surface area contributed by atoms with Crippen molar-refractivity contribution in [3.63, 3.8) is 0 Å². The van der Waals surface area contributed by atoms with E-state index in [0.29, 0.717) is 18.0 Å². The van der Waals surface area contributed by atoms with E-state index in [2.05, 4.69) is 21.2 Å². The molecule has 2 amide bonds. The Balaban J connectivity index is 1.68. The summed E-state index contributed by atoms with van der Waals surface area (Å²) in [5, 5.41) is 2.90. The van der Waals surface area contributed by atoms with E-state index >= 15 is 0 Å². The fourth-order valence-electron chi connectivity index (χ4n) is 4.58. The van der Waals surface area contributed by atoms with E-state index in [1.54, 1.807) is 43.3 Å². The highest BCUT2D eigenvalue weighted by Gasteiger charge is 2.32. The molecule has 0 radical (unpaired) electrons. The zero-order valence-corrected chi connectivity index (χ0v) is 28.1. The summed E-state index contributed by atoms with van der Waals surface area (Å²) < 4.78 is 36.0. The maximum atomic E-state index is 14.1. The summed E-state index contributed by atoms with van der Waals surface area (Å²) >= 11 is 3.43. The Kier molecular flexibility index (Phi) is 11.8. The van der Waals surface area contributed by atoms with Gasteiger partial charge in [-0.05, 0) is 86.5 Å². The van der Waals surface area contributed by atoms with Crippen molar-refractivity contribution in [2.75, 3.05) is 17.4 Å². The van der Waals surface area contributed by atoms with E-state index in [1.165, 1.54) is 17.0 Å². The van der Waals surface area contributed by atoms with Crippen molar-refractivity contribution in [1.82, 2.24) is 10.2 Å². The zero-order valence-electron chi connectivity index (χ0n) is 25.6. The monoisotopic (exact) mass is 691 g/mol. The number of halogens is 1. The standard InChI is InChI=1S/C35H38BrN3O5S/c1-4-5-23-37-35(41)27(3)38(24-28-13-15-29(36)16-14-28)34(40)25-39(45(42,43)33-21-11-26(2)12-22-33)30-17-19-32(20-18-30)44-31-9-7-6-8-10-31/h6-22,27H,4-5,23-25H2,1-3H3,(H,37,41)/t27-/m1/s1. The second-order valence-electron chi connectivity index (χ2n) is 10.7. The highest BCUT2D eigenvalue weighted by atomic mass is 79.9. The largest absolute Gasteiger partial charge is 0.457 e. The van der Waals surface area contributed by atoms with Gasteiger partial charge in [-0.1, -0.05) is 77.3 Å². The number of aryl methyl sites for hydroxylation is 1. The Hall–Kier alpha value is -4.15. The number of ether oxygens (including phenoxy) is 1. The van der Waals surface area contributed by atoms with E-state index in [1.807, 2.05) is 68.4 Å². The van der Waals surface area contributed by atoms with Crippen molar-refractivity contribution in [2.24, 2.45) is 0 Å². The Labute approximate surface area is 274 Å². The number of anilines is 1. The van der Waals surface area contributed by atoms with Crippen molar-refractivity contribution in [3.05, 3.63) is 119 Å². The van der Waals surface area contributed by atoms with Gasteiger partial charge in [0.2, 0.25) is 11.8 Å². The molecule has 1 atom stereocenters. The van der Waals surface area contributed by atoms with Gasteiger partial charge in [-0.15, -0.1) is 0 Å². The molecule has 0 heterocycles. The quantitative estimate of drug-likeness (QED) is 0.143. The third-order valence-electron chi connectivity index (χ3n) is 7.25. The van der Waals surface area contributed by atoms with Gasteiger partial charge < -0.3 is 15.0 Å². The minimum absolute atomic E-state index is 0.0512. The van der Waals surface area contributed by atoms with Gasteiger partial charge in [0.25, 0.3) is 10.0 Å². The molecule has 0 unspecified atom stereocenters. The first kappa shape index (κ1) is 33.7. The van der Waals surface area contributed by atoms with Gasteiger partial charge >= 0.3 is 0 Å². The normalized spacial score (nSPS) is 11.8. The molecule has 0 saturated heterocycles. The zero-order chi connectivity index (χ0) is 32.4. The molecule has 4 aromatic rings. The minimum Gasteiger partial charge on any atom is -0.457 e. The van der Waals surface area contributed by atoms with Gasteiger partial charge in [-0.3, -0.25) is 13.9 Å². The summed E-state index contributed by atoms with van der Waals surface area (Å²) in [4.78, 5) is 28.7. The number of carbonyl (C=O) groups excluding carboxylic acids is 2. The van der Waals surface area contributed by atoms with Crippen LogP contribution in [0.5, 0.6) is 11.5 Å². The van der Waals surface area contributed by atoms with Crippen molar-refractivity contribution in [3.8, 4) is 11.5 Å². The molecule has 0 fully saturated rings. The molecular formula is C35H38BrN3O5S. The fourth-order valence-corrected chi connectivity index (χ4v) is 6.25. The van der Waals surface area contributed by atoms with Crippen LogP contribution in [0.15, 0.2) is 112 Å². The molecule has 0 bridgehead atoms. The number of rotatable bonds is 14. The Morgan fingerprint density at radius 1 is 0.867 bits per heavy atom. The van der Waals surface area contributed by atoms with Crippen LogP contribution in [0.4, 0.5) is 5.69 Å².